The fraction of sp³-hybridized carbons (Fsp3) is 0. The maximum atomic E-state index is 4.83. The second-order valence-electron chi connectivity index (χ2n) is 7.65. The molecule has 0 aliphatic heterocycles. The van der Waals surface area contributed by atoms with E-state index in [1.54, 1.807) is 0 Å². The highest BCUT2D eigenvalue weighted by molar-refractivity contribution is 14.1. The second kappa shape index (κ2) is 8.11. The second-order valence-corrected chi connectivity index (χ2v) is 9.84. The van der Waals surface area contributed by atoms with E-state index in [1.807, 2.05) is 35.6 Å². The van der Waals surface area contributed by atoms with Crippen molar-refractivity contribution in [2.45, 2.75) is 0 Å². The zero-order chi connectivity index (χ0) is 21.5. The molecular formula is C28H17IN2S. The number of nitrogens with zero attached hydrogens (tertiary/aromatic N) is 2. The average molecular weight is 540 g/mol. The van der Waals surface area contributed by atoms with Crippen LogP contribution in [0, 0.1) is 3.70 Å². The van der Waals surface area contributed by atoms with Crippen molar-refractivity contribution >= 4 is 54.1 Å². The van der Waals surface area contributed by atoms with Crippen LogP contribution in [0.5, 0.6) is 0 Å². The van der Waals surface area contributed by atoms with Crippen LogP contribution < -0.4 is 0 Å². The molecule has 4 heteroatoms. The molecule has 4 aromatic carbocycles. The van der Waals surface area contributed by atoms with Gasteiger partial charge in [-0.05, 0) is 51.9 Å². The molecule has 0 spiro atoms. The van der Waals surface area contributed by atoms with Crippen LogP contribution in [0.25, 0.3) is 53.9 Å². The number of halogens is 1. The fourth-order valence-corrected chi connectivity index (χ4v) is 5.69. The molecule has 0 saturated carbocycles. The summed E-state index contributed by atoms with van der Waals surface area (Å²) in [7, 11) is 0. The van der Waals surface area contributed by atoms with E-state index in [1.165, 1.54) is 31.3 Å². The minimum atomic E-state index is 0.752. The van der Waals surface area contributed by atoms with Gasteiger partial charge in [0.15, 0.2) is 5.82 Å². The molecule has 0 amide bonds. The van der Waals surface area contributed by atoms with Crippen molar-refractivity contribution in [1.29, 1.82) is 0 Å². The Balaban J connectivity index is 1.36. The van der Waals surface area contributed by atoms with E-state index in [2.05, 4.69) is 106 Å². The summed E-state index contributed by atoms with van der Waals surface area (Å²) < 4.78 is 3.59. The van der Waals surface area contributed by atoms with Gasteiger partial charge in [-0.3, -0.25) is 0 Å². The van der Waals surface area contributed by atoms with Gasteiger partial charge in [-0.15, -0.1) is 11.3 Å². The molecule has 0 atom stereocenters. The van der Waals surface area contributed by atoms with E-state index in [4.69, 9.17) is 4.98 Å². The number of rotatable bonds is 3. The van der Waals surface area contributed by atoms with Gasteiger partial charge in [0.2, 0.25) is 0 Å². The lowest BCUT2D eigenvalue weighted by Gasteiger charge is -2.07. The first-order valence-corrected chi connectivity index (χ1v) is 12.3. The monoisotopic (exact) mass is 540 g/mol. The highest BCUT2D eigenvalue weighted by Crippen LogP contribution is 2.36. The quantitative estimate of drug-likeness (QED) is 0.166. The number of hydrogen-bond donors (Lipinski definition) is 0. The lowest BCUT2D eigenvalue weighted by molar-refractivity contribution is 1.15. The van der Waals surface area contributed by atoms with Crippen LogP contribution in [0.4, 0.5) is 0 Å². The van der Waals surface area contributed by atoms with Crippen LogP contribution in [0.3, 0.4) is 0 Å². The Bertz CT molecular complexity index is 1570. The van der Waals surface area contributed by atoms with Gasteiger partial charge in [0, 0.05) is 31.3 Å². The van der Waals surface area contributed by atoms with Crippen molar-refractivity contribution in [2.24, 2.45) is 0 Å². The van der Waals surface area contributed by atoms with Gasteiger partial charge in [0.25, 0.3) is 0 Å². The largest absolute Gasteiger partial charge is 0.228 e. The molecular weight excluding hydrogens is 523 g/mol. The third kappa shape index (κ3) is 3.59. The first-order valence-electron chi connectivity index (χ1n) is 10.4. The smallest absolute Gasteiger partial charge is 0.160 e. The van der Waals surface area contributed by atoms with E-state index < -0.39 is 0 Å². The van der Waals surface area contributed by atoms with Crippen molar-refractivity contribution in [2.75, 3.05) is 0 Å². The number of aromatic nitrogens is 2. The van der Waals surface area contributed by atoms with E-state index >= 15 is 0 Å². The number of hydrogen-bond acceptors (Lipinski definition) is 3. The van der Waals surface area contributed by atoms with E-state index in [9.17, 15) is 0 Å². The first kappa shape index (κ1) is 19.6. The molecule has 0 bridgehead atoms. The average Bonchev–Trinajstić information content (AvgIpc) is 3.22. The van der Waals surface area contributed by atoms with E-state index in [-0.39, 0.29) is 0 Å². The summed E-state index contributed by atoms with van der Waals surface area (Å²) in [6.07, 6.45) is 0. The minimum Gasteiger partial charge on any atom is -0.228 e. The maximum absolute atomic E-state index is 4.83. The Morgan fingerprint density at radius 1 is 0.531 bits per heavy atom. The predicted octanol–water partition coefficient (Wildman–Crippen LogP) is 8.45. The fourth-order valence-electron chi connectivity index (χ4n) is 4.02. The van der Waals surface area contributed by atoms with Crippen molar-refractivity contribution in [3.8, 4) is 33.8 Å². The molecule has 0 aliphatic carbocycles. The molecule has 0 radical (unpaired) electrons. The highest BCUT2D eigenvalue weighted by atomic mass is 127. The van der Waals surface area contributed by atoms with Gasteiger partial charge in [-0.1, -0.05) is 84.9 Å². The van der Waals surface area contributed by atoms with Gasteiger partial charge >= 0.3 is 0 Å². The Kier molecular flexibility index (Phi) is 4.97. The predicted molar refractivity (Wildman–Crippen MR) is 144 cm³/mol. The van der Waals surface area contributed by atoms with Gasteiger partial charge < -0.3 is 0 Å². The minimum absolute atomic E-state index is 0.752. The van der Waals surface area contributed by atoms with Crippen molar-refractivity contribution in [1.82, 2.24) is 9.97 Å². The Morgan fingerprint density at radius 2 is 1.22 bits per heavy atom. The molecule has 2 aromatic heterocycles. The summed E-state index contributed by atoms with van der Waals surface area (Å²) in [5.74, 6) is 0.752. The molecule has 0 unspecified atom stereocenters. The maximum Gasteiger partial charge on any atom is 0.160 e. The topological polar surface area (TPSA) is 25.8 Å². The Hall–Kier alpha value is -3.09. The SMILES string of the molecule is Ic1cc(-c2ccccc2)nc(-c2ccc(-c3ccc4c(c3)sc3ccccc34)cc2)n1. The third-order valence-corrected chi connectivity index (χ3v) is 7.31. The van der Waals surface area contributed by atoms with E-state index in [0.29, 0.717) is 0 Å². The summed E-state index contributed by atoms with van der Waals surface area (Å²) in [6.45, 7) is 0. The molecule has 6 rings (SSSR count). The molecule has 152 valence electrons. The molecule has 32 heavy (non-hydrogen) atoms. The van der Waals surface area contributed by atoms with Crippen molar-refractivity contribution < 1.29 is 0 Å². The van der Waals surface area contributed by atoms with E-state index in [0.717, 1.165) is 26.3 Å². The number of benzene rings is 4. The highest BCUT2D eigenvalue weighted by Gasteiger charge is 2.09. The van der Waals surface area contributed by atoms with Gasteiger partial charge in [-0.2, -0.15) is 0 Å². The summed E-state index contributed by atoms with van der Waals surface area (Å²) in [6, 6.07) is 36.2. The lowest BCUT2D eigenvalue weighted by atomic mass is 10.0. The van der Waals surface area contributed by atoms with Gasteiger partial charge in [-0.25, -0.2) is 9.97 Å². The van der Waals surface area contributed by atoms with Crippen molar-refractivity contribution in [3.05, 3.63) is 107 Å². The molecule has 0 fully saturated rings. The van der Waals surface area contributed by atoms with Gasteiger partial charge in [0.05, 0.1) is 5.69 Å². The van der Waals surface area contributed by atoms with Gasteiger partial charge in [0.1, 0.15) is 3.70 Å². The zero-order valence-corrected chi connectivity index (χ0v) is 20.0. The van der Waals surface area contributed by atoms with Crippen molar-refractivity contribution in [3.63, 3.8) is 0 Å². The Morgan fingerprint density at radius 3 is 2.06 bits per heavy atom. The third-order valence-electron chi connectivity index (χ3n) is 5.62. The van der Waals surface area contributed by atoms with Crippen LogP contribution in [0.2, 0.25) is 0 Å². The molecule has 0 aliphatic rings. The normalized spacial score (nSPS) is 11.3. The summed E-state index contributed by atoms with van der Waals surface area (Å²) in [5.41, 5.74) is 5.49. The molecule has 0 N–H and O–H groups in total. The van der Waals surface area contributed by atoms with Crippen LogP contribution in [-0.4, -0.2) is 9.97 Å². The summed E-state index contributed by atoms with van der Waals surface area (Å²) in [5, 5.41) is 2.66. The number of thiophene rings is 1. The summed E-state index contributed by atoms with van der Waals surface area (Å²) in [4.78, 5) is 9.50. The standard InChI is InChI=1S/C28H17IN2S/c29-27-17-24(19-6-2-1-3-7-19)30-28(31-27)20-12-10-18(11-13-20)21-14-15-23-22-8-4-5-9-25(22)32-26(23)16-21/h1-17H. The molecule has 6 aromatic rings. The van der Waals surface area contributed by atoms with Crippen LogP contribution in [0.15, 0.2) is 103 Å². The van der Waals surface area contributed by atoms with Crippen LogP contribution in [0.1, 0.15) is 0 Å². The zero-order valence-electron chi connectivity index (χ0n) is 17.0. The molecule has 0 saturated heterocycles. The molecule has 2 nitrogen and oxygen atoms in total. The lowest BCUT2D eigenvalue weighted by Crippen LogP contribution is -1.95. The first-order chi connectivity index (χ1) is 15.7. The Labute approximate surface area is 203 Å². The number of fused-ring (bicyclic) bond motifs is 3. The summed E-state index contributed by atoms with van der Waals surface area (Å²) >= 11 is 4.12. The molecule has 2 heterocycles. The van der Waals surface area contributed by atoms with Crippen LogP contribution >= 0.6 is 33.9 Å². The van der Waals surface area contributed by atoms with Crippen LogP contribution in [-0.2, 0) is 0 Å².